The minimum absolute atomic E-state index is 0.00446. The van der Waals surface area contributed by atoms with Crippen LogP contribution in [0.5, 0.6) is 0 Å². The number of nitrogens with zero attached hydrogens (tertiary/aromatic N) is 1. The molecular weight excluding hydrogens is 304 g/mol. The van der Waals surface area contributed by atoms with Crippen LogP contribution in [0.3, 0.4) is 0 Å². The van der Waals surface area contributed by atoms with Crippen molar-refractivity contribution in [3.63, 3.8) is 0 Å². The largest absolute Gasteiger partial charge is 0.441 e. The van der Waals surface area contributed by atoms with Crippen LogP contribution in [0.2, 0.25) is 0 Å². The van der Waals surface area contributed by atoms with Gasteiger partial charge in [0.25, 0.3) is 0 Å². The molecule has 0 saturated carbocycles. The second-order valence-electron chi connectivity index (χ2n) is 6.41. The van der Waals surface area contributed by atoms with Gasteiger partial charge in [0.1, 0.15) is 0 Å². The molecule has 0 aliphatic carbocycles. The van der Waals surface area contributed by atoms with Crippen molar-refractivity contribution >= 4 is 5.91 Å². The number of oxazole rings is 1. The average Bonchev–Trinajstić information content (AvgIpc) is 3.02. The highest BCUT2D eigenvalue weighted by Crippen LogP contribution is 2.21. The summed E-state index contributed by atoms with van der Waals surface area (Å²) in [4.78, 5) is 16.3. The number of aliphatic hydroxyl groups excluding tert-OH is 1. The Balaban J connectivity index is 1.88. The molecule has 2 aromatic rings. The van der Waals surface area contributed by atoms with E-state index in [4.69, 9.17) is 9.52 Å². The van der Waals surface area contributed by atoms with E-state index in [-0.39, 0.29) is 24.5 Å². The number of amides is 1. The Bertz CT molecular complexity index is 647. The summed E-state index contributed by atoms with van der Waals surface area (Å²) in [5.41, 5.74) is 2.17. The fourth-order valence-corrected chi connectivity index (χ4v) is 2.49. The predicted molar refractivity (Wildman–Crippen MR) is 93.5 cm³/mol. The first kappa shape index (κ1) is 18.2. The minimum Gasteiger partial charge on any atom is -0.441 e. The minimum atomic E-state index is -0.0442. The average molecular weight is 330 g/mol. The van der Waals surface area contributed by atoms with E-state index >= 15 is 0 Å². The van der Waals surface area contributed by atoms with E-state index in [1.807, 2.05) is 45.0 Å². The maximum Gasteiger partial charge on any atom is 0.220 e. The van der Waals surface area contributed by atoms with E-state index in [1.165, 1.54) is 5.56 Å². The molecule has 0 aliphatic heterocycles. The highest BCUT2D eigenvalue weighted by atomic mass is 16.4. The molecule has 0 aliphatic rings. The Morgan fingerprint density at radius 3 is 2.62 bits per heavy atom. The van der Waals surface area contributed by atoms with E-state index in [0.717, 1.165) is 5.56 Å². The molecular formula is C19H26N2O3. The van der Waals surface area contributed by atoms with Crippen molar-refractivity contribution in [2.45, 2.75) is 46.1 Å². The highest BCUT2D eigenvalue weighted by molar-refractivity contribution is 5.76. The molecule has 5 nitrogen and oxygen atoms in total. The maximum atomic E-state index is 12.1. The summed E-state index contributed by atoms with van der Waals surface area (Å²) < 4.78 is 5.73. The molecule has 2 N–H and O–H groups in total. The fraction of sp³-hybridized carbons (Fsp3) is 0.474. The normalized spacial score (nSPS) is 12.4. The molecule has 1 aromatic heterocycles. The zero-order chi connectivity index (χ0) is 17.5. The Labute approximate surface area is 143 Å². The summed E-state index contributed by atoms with van der Waals surface area (Å²) in [5.74, 6) is 1.52. The third kappa shape index (κ3) is 5.20. The van der Waals surface area contributed by atoms with Gasteiger partial charge in [-0.25, -0.2) is 4.98 Å². The topological polar surface area (TPSA) is 75.4 Å². The van der Waals surface area contributed by atoms with Gasteiger partial charge >= 0.3 is 0 Å². The Morgan fingerprint density at radius 1 is 1.29 bits per heavy atom. The monoisotopic (exact) mass is 330 g/mol. The maximum absolute atomic E-state index is 12.1. The lowest BCUT2D eigenvalue weighted by atomic mass is 10.0. The van der Waals surface area contributed by atoms with E-state index in [0.29, 0.717) is 30.9 Å². The summed E-state index contributed by atoms with van der Waals surface area (Å²) in [6.45, 7) is 6.17. The summed E-state index contributed by atoms with van der Waals surface area (Å²) in [5, 5.41) is 12.0. The Hall–Kier alpha value is -2.14. The van der Waals surface area contributed by atoms with Gasteiger partial charge in [0.05, 0.1) is 6.20 Å². The van der Waals surface area contributed by atoms with E-state index in [2.05, 4.69) is 10.3 Å². The number of aromatic nitrogens is 1. The summed E-state index contributed by atoms with van der Waals surface area (Å²) in [7, 11) is 0. The molecule has 0 fully saturated rings. The first-order chi connectivity index (χ1) is 11.5. The molecule has 1 aromatic carbocycles. The lowest BCUT2D eigenvalue weighted by molar-refractivity contribution is -0.122. The SMILES string of the molecule is Cc1ccc(-c2cnc(CCC(=O)NC(CCO)C(C)C)o2)cc1. The molecule has 0 radical (unpaired) electrons. The van der Waals surface area contributed by atoms with E-state index in [9.17, 15) is 4.79 Å². The quantitative estimate of drug-likeness (QED) is 0.780. The second-order valence-corrected chi connectivity index (χ2v) is 6.41. The number of aliphatic hydroxyl groups is 1. The molecule has 130 valence electrons. The van der Waals surface area contributed by atoms with Crippen molar-refractivity contribution in [2.75, 3.05) is 6.61 Å². The number of hydrogen-bond donors (Lipinski definition) is 2. The first-order valence-corrected chi connectivity index (χ1v) is 8.41. The second kappa shape index (κ2) is 8.64. The molecule has 1 amide bonds. The van der Waals surface area contributed by atoms with Gasteiger partial charge in [0.15, 0.2) is 11.7 Å². The van der Waals surface area contributed by atoms with Crippen molar-refractivity contribution in [3.05, 3.63) is 41.9 Å². The van der Waals surface area contributed by atoms with Crippen molar-refractivity contribution in [1.29, 1.82) is 0 Å². The molecule has 0 saturated heterocycles. The number of aryl methyl sites for hydroxylation is 2. The predicted octanol–water partition coefficient (Wildman–Crippen LogP) is 3.11. The van der Waals surface area contributed by atoms with Crippen LogP contribution in [0.1, 0.15) is 38.1 Å². The summed E-state index contributed by atoms with van der Waals surface area (Å²) in [6, 6.07) is 8.04. The van der Waals surface area contributed by atoms with Crippen LogP contribution in [0, 0.1) is 12.8 Å². The van der Waals surface area contributed by atoms with Crippen LogP contribution < -0.4 is 5.32 Å². The smallest absolute Gasteiger partial charge is 0.220 e. The van der Waals surface area contributed by atoms with Crippen LogP contribution in [-0.2, 0) is 11.2 Å². The van der Waals surface area contributed by atoms with E-state index in [1.54, 1.807) is 6.20 Å². The van der Waals surface area contributed by atoms with Crippen molar-refractivity contribution in [1.82, 2.24) is 10.3 Å². The van der Waals surface area contributed by atoms with Crippen LogP contribution in [-0.4, -0.2) is 28.6 Å². The van der Waals surface area contributed by atoms with Gasteiger partial charge in [0, 0.05) is 31.1 Å². The van der Waals surface area contributed by atoms with Crippen LogP contribution in [0.4, 0.5) is 0 Å². The van der Waals surface area contributed by atoms with Crippen molar-refractivity contribution < 1.29 is 14.3 Å². The number of carbonyl (C=O) groups is 1. The number of nitrogens with one attached hydrogen (secondary N) is 1. The molecule has 24 heavy (non-hydrogen) atoms. The zero-order valence-electron chi connectivity index (χ0n) is 14.6. The van der Waals surface area contributed by atoms with Crippen LogP contribution >= 0.6 is 0 Å². The van der Waals surface area contributed by atoms with Gasteiger partial charge in [-0.2, -0.15) is 0 Å². The number of rotatable bonds is 8. The van der Waals surface area contributed by atoms with Gasteiger partial charge in [-0.1, -0.05) is 43.7 Å². The zero-order valence-corrected chi connectivity index (χ0v) is 14.6. The first-order valence-electron chi connectivity index (χ1n) is 8.41. The van der Waals surface area contributed by atoms with Gasteiger partial charge in [-0.3, -0.25) is 4.79 Å². The van der Waals surface area contributed by atoms with Gasteiger partial charge < -0.3 is 14.8 Å². The Morgan fingerprint density at radius 2 is 2.00 bits per heavy atom. The van der Waals surface area contributed by atoms with Crippen molar-refractivity contribution in [3.8, 4) is 11.3 Å². The molecule has 1 atom stereocenters. The molecule has 5 heteroatoms. The lowest BCUT2D eigenvalue weighted by Gasteiger charge is -2.21. The number of benzene rings is 1. The third-order valence-electron chi connectivity index (χ3n) is 4.05. The summed E-state index contributed by atoms with van der Waals surface area (Å²) >= 11 is 0. The fourth-order valence-electron chi connectivity index (χ4n) is 2.49. The number of hydrogen-bond acceptors (Lipinski definition) is 4. The van der Waals surface area contributed by atoms with Gasteiger partial charge in [0.2, 0.25) is 5.91 Å². The lowest BCUT2D eigenvalue weighted by Crippen LogP contribution is -2.39. The standard InChI is InChI=1S/C19H26N2O3/c1-13(2)16(10-11-22)21-18(23)8-9-19-20-12-17(24-19)15-6-4-14(3)5-7-15/h4-7,12-13,16,22H,8-11H2,1-3H3,(H,21,23). The third-order valence-corrected chi connectivity index (χ3v) is 4.05. The molecule has 1 heterocycles. The van der Waals surface area contributed by atoms with Gasteiger partial charge in [-0.05, 0) is 19.3 Å². The van der Waals surface area contributed by atoms with E-state index < -0.39 is 0 Å². The Kier molecular flexibility index (Phi) is 6.55. The molecule has 2 rings (SSSR count). The molecule has 0 spiro atoms. The molecule has 0 bridgehead atoms. The number of carbonyl (C=O) groups excluding carboxylic acids is 1. The van der Waals surface area contributed by atoms with Crippen molar-refractivity contribution in [2.24, 2.45) is 5.92 Å². The highest BCUT2D eigenvalue weighted by Gasteiger charge is 2.16. The molecule has 1 unspecified atom stereocenters. The van der Waals surface area contributed by atoms with Gasteiger partial charge in [-0.15, -0.1) is 0 Å². The van der Waals surface area contributed by atoms with Crippen LogP contribution in [0.25, 0.3) is 11.3 Å². The van der Waals surface area contributed by atoms with Crippen LogP contribution in [0.15, 0.2) is 34.9 Å². The summed E-state index contributed by atoms with van der Waals surface area (Å²) in [6.07, 6.45) is 3.05.